The van der Waals surface area contributed by atoms with Crippen molar-refractivity contribution >= 4 is 20.2 Å². The van der Waals surface area contributed by atoms with Gasteiger partial charge >= 0.3 is 10.4 Å². The third kappa shape index (κ3) is 10.0. The maximum Gasteiger partial charge on any atom is 0.398 e. The van der Waals surface area contributed by atoms with Crippen molar-refractivity contribution in [3.8, 4) is 0 Å². The quantitative estimate of drug-likeness (QED) is 0.254. The van der Waals surface area contributed by atoms with E-state index in [4.69, 9.17) is 9.66 Å². The van der Waals surface area contributed by atoms with Gasteiger partial charge in [-0.15, -0.1) is 0 Å². The molecule has 0 aromatic carbocycles. The molecular formula is C5H13NO7S2. The average molecular weight is 263 g/mol. The standard InChI is InChI=1S/C5H13NO7S2/c7-2-4-14(8,9)3-1-6-5-13-15(10,11)12/h6-7H,1-5H2,(H,10,11,12). The van der Waals surface area contributed by atoms with Crippen molar-refractivity contribution in [1.29, 1.82) is 0 Å². The molecular weight excluding hydrogens is 250 g/mol. The minimum Gasteiger partial charge on any atom is -0.395 e. The Kier molecular flexibility index (Phi) is 6.24. The molecule has 10 heteroatoms. The molecule has 0 aliphatic rings. The van der Waals surface area contributed by atoms with Gasteiger partial charge in [0.25, 0.3) is 0 Å². The molecule has 0 bridgehead atoms. The molecule has 0 rings (SSSR count). The zero-order chi connectivity index (χ0) is 11.9. The average Bonchev–Trinajstić information content (AvgIpc) is 2.00. The fourth-order valence-electron chi connectivity index (χ4n) is 0.657. The first kappa shape index (κ1) is 14.7. The second kappa shape index (κ2) is 6.35. The van der Waals surface area contributed by atoms with Gasteiger partial charge in [0.15, 0.2) is 9.84 Å². The van der Waals surface area contributed by atoms with Crippen LogP contribution in [0.5, 0.6) is 0 Å². The molecule has 15 heavy (non-hydrogen) atoms. The smallest absolute Gasteiger partial charge is 0.395 e. The molecule has 0 spiro atoms. The van der Waals surface area contributed by atoms with Crippen LogP contribution in [0.2, 0.25) is 0 Å². The molecule has 0 aromatic rings. The van der Waals surface area contributed by atoms with Gasteiger partial charge in [0.2, 0.25) is 0 Å². The molecule has 0 aromatic heterocycles. The molecule has 0 unspecified atom stereocenters. The van der Waals surface area contributed by atoms with Gasteiger partial charge < -0.3 is 5.11 Å². The van der Waals surface area contributed by atoms with Crippen molar-refractivity contribution < 1.29 is 30.7 Å². The second-order valence-electron chi connectivity index (χ2n) is 2.57. The molecule has 8 nitrogen and oxygen atoms in total. The van der Waals surface area contributed by atoms with E-state index in [1.165, 1.54) is 0 Å². The molecule has 0 saturated heterocycles. The fourth-order valence-corrected chi connectivity index (χ4v) is 1.83. The Morgan fingerprint density at radius 1 is 1.13 bits per heavy atom. The van der Waals surface area contributed by atoms with E-state index in [1.54, 1.807) is 0 Å². The van der Waals surface area contributed by atoms with Gasteiger partial charge in [-0.05, 0) is 0 Å². The summed E-state index contributed by atoms with van der Waals surface area (Å²) >= 11 is 0. The summed E-state index contributed by atoms with van der Waals surface area (Å²) in [4.78, 5) is 0. The zero-order valence-corrected chi connectivity index (χ0v) is 9.42. The van der Waals surface area contributed by atoms with E-state index in [9.17, 15) is 16.8 Å². The minimum absolute atomic E-state index is 0.0299. The Hall–Kier alpha value is -0.260. The summed E-state index contributed by atoms with van der Waals surface area (Å²) in [5, 5.41) is 10.7. The lowest BCUT2D eigenvalue weighted by Crippen LogP contribution is -2.28. The van der Waals surface area contributed by atoms with E-state index >= 15 is 0 Å². The second-order valence-corrected chi connectivity index (χ2v) is 5.96. The SMILES string of the molecule is O=S(=O)(CCO)CCNCOS(=O)(=O)O. The van der Waals surface area contributed by atoms with Crippen LogP contribution in [-0.2, 0) is 24.4 Å². The number of sulfone groups is 1. The zero-order valence-electron chi connectivity index (χ0n) is 7.79. The highest BCUT2D eigenvalue weighted by Gasteiger charge is 2.09. The summed E-state index contributed by atoms with van der Waals surface area (Å²) in [5.74, 6) is -0.587. The van der Waals surface area contributed by atoms with Gasteiger partial charge in [0.1, 0.15) is 6.73 Å². The van der Waals surface area contributed by atoms with Crippen LogP contribution < -0.4 is 5.32 Å². The van der Waals surface area contributed by atoms with Crippen LogP contribution in [-0.4, -0.2) is 57.9 Å². The molecule has 3 N–H and O–H groups in total. The van der Waals surface area contributed by atoms with E-state index < -0.39 is 33.6 Å². The van der Waals surface area contributed by atoms with E-state index in [0.717, 1.165) is 0 Å². The lowest BCUT2D eigenvalue weighted by atomic mass is 10.8. The number of hydrogen-bond donors (Lipinski definition) is 3. The summed E-state index contributed by atoms with van der Waals surface area (Å²) in [7, 11) is -7.83. The number of hydrogen-bond acceptors (Lipinski definition) is 7. The van der Waals surface area contributed by atoms with Crippen molar-refractivity contribution in [3.63, 3.8) is 0 Å². The number of aliphatic hydroxyl groups excluding tert-OH is 1. The Bertz CT molecular complexity index is 359. The molecule has 0 aliphatic heterocycles. The summed E-state index contributed by atoms with van der Waals surface area (Å²) < 4.78 is 54.0. The molecule has 0 fully saturated rings. The summed E-state index contributed by atoms with van der Waals surface area (Å²) in [6, 6.07) is 0. The molecule has 0 heterocycles. The highest BCUT2D eigenvalue weighted by atomic mass is 32.3. The van der Waals surface area contributed by atoms with Crippen LogP contribution in [0.25, 0.3) is 0 Å². The maximum absolute atomic E-state index is 11.0. The fraction of sp³-hybridized carbons (Fsp3) is 1.00. The Labute approximate surface area is 88.1 Å². The first-order chi connectivity index (χ1) is 6.77. The molecule has 0 radical (unpaired) electrons. The topological polar surface area (TPSA) is 130 Å². The van der Waals surface area contributed by atoms with E-state index in [0.29, 0.717) is 0 Å². The lowest BCUT2D eigenvalue weighted by molar-refractivity contribution is 0.249. The largest absolute Gasteiger partial charge is 0.398 e. The van der Waals surface area contributed by atoms with Gasteiger partial charge in [-0.25, -0.2) is 12.6 Å². The maximum atomic E-state index is 11.0. The van der Waals surface area contributed by atoms with Crippen LogP contribution in [0.15, 0.2) is 0 Å². The number of aliphatic hydroxyl groups is 1. The first-order valence-corrected chi connectivity index (χ1v) is 7.09. The van der Waals surface area contributed by atoms with Crippen molar-refractivity contribution in [2.75, 3.05) is 31.4 Å². The third-order valence-corrected chi connectivity index (χ3v) is 3.35. The minimum atomic E-state index is -4.50. The van der Waals surface area contributed by atoms with Crippen molar-refractivity contribution in [2.24, 2.45) is 0 Å². The van der Waals surface area contributed by atoms with Crippen molar-refractivity contribution in [1.82, 2.24) is 5.32 Å². The van der Waals surface area contributed by atoms with Crippen molar-refractivity contribution in [3.05, 3.63) is 0 Å². The molecule has 0 aliphatic carbocycles. The van der Waals surface area contributed by atoms with Gasteiger partial charge in [-0.3, -0.25) is 9.87 Å². The van der Waals surface area contributed by atoms with Gasteiger partial charge in [0, 0.05) is 6.54 Å². The third-order valence-electron chi connectivity index (χ3n) is 1.30. The van der Waals surface area contributed by atoms with E-state index in [2.05, 4.69) is 9.50 Å². The molecule has 0 atom stereocenters. The molecule has 0 amide bonds. The van der Waals surface area contributed by atoms with E-state index in [-0.39, 0.29) is 18.1 Å². The van der Waals surface area contributed by atoms with Crippen LogP contribution >= 0.6 is 0 Å². The summed E-state index contributed by atoms with van der Waals surface area (Å²) in [6.45, 7) is -0.991. The summed E-state index contributed by atoms with van der Waals surface area (Å²) in [5.41, 5.74) is 0. The van der Waals surface area contributed by atoms with Gasteiger partial charge in [-0.2, -0.15) is 8.42 Å². The van der Waals surface area contributed by atoms with Crippen LogP contribution in [0.1, 0.15) is 0 Å². The monoisotopic (exact) mass is 263 g/mol. The van der Waals surface area contributed by atoms with Crippen LogP contribution in [0, 0.1) is 0 Å². The predicted octanol–water partition coefficient (Wildman–Crippen LogP) is -2.24. The number of nitrogens with one attached hydrogen (secondary N) is 1. The first-order valence-electron chi connectivity index (χ1n) is 3.91. The summed E-state index contributed by atoms with van der Waals surface area (Å²) in [6.07, 6.45) is 0. The van der Waals surface area contributed by atoms with Gasteiger partial charge in [-0.1, -0.05) is 0 Å². The Balaban J connectivity index is 3.64. The normalized spacial score (nSPS) is 12.9. The predicted molar refractivity (Wildman–Crippen MR) is 51.2 cm³/mol. The Morgan fingerprint density at radius 3 is 2.20 bits per heavy atom. The highest BCUT2D eigenvalue weighted by Crippen LogP contribution is 1.88. The highest BCUT2D eigenvalue weighted by molar-refractivity contribution is 7.91. The van der Waals surface area contributed by atoms with Crippen LogP contribution in [0.3, 0.4) is 0 Å². The van der Waals surface area contributed by atoms with Gasteiger partial charge in [0.05, 0.1) is 18.1 Å². The lowest BCUT2D eigenvalue weighted by Gasteiger charge is -2.04. The molecule has 0 saturated carbocycles. The Morgan fingerprint density at radius 2 is 1.73 bits per heavy atom. The van der Waals surface area contributed by atoms with Crippen LogP contribution in [0.4, 0.5) is 0 Å². The van der Waals surface area contributed by atoms with Crippen molar-refractivity contribution in [2.45, 2.75) is 0 Å². The van der Waals surface area contributed by atoms with E-state index in [1.807, 2.05) is 0 Å². The number of rotatable bonds is 8. The molecule has 92 valence electrons.